The Morgan fingerprint density at radius 3 is 2.81 bits per heavy atom. The average Bonchev–Trinajstić information content (AvgIpc) is 3.24. The number of carboxylic acid groups (broad SMARTS) is 1. The van der Waals surface area contributed by atoms with Crippen molar-refractivity contribution in [2.75, 3.05) is 11.4 Å². The maximum Gasteiger partial charge on any atom is 0.303 e. The molecule has 1 aromatic carbocycles. The summed E-state index contributed by atoms with van der Waals surface area (Å²) < 4.78 is 0. The van der Waals surface area contributed by atoms with Crippen LogP contribution < -0.4 is 4.90 Å². The third-order valence-electron chi connectivity index (χ3n) is 6.46. The molecule has 2 unspecified atom stereocenters. The van der Waals surface area contributed by atoms with Gasteiger partial charge in [-0.25, -0.2) is 9.97 Å². The van der Waals surface area contributed by atoms with Gasteiger partial charge in [-0.3, -0.25) is 4.79 Å². The average molecular weight is 363 g/mol. The lowest BCUT2D eigenvalue weighted by Crippen LogP contribution is -2.46. The van der Waals surface area contributed by atoms with Crippen LogP contribution in [0.3, 0.4) is 0 Å². The first-order chi connectivity index (χ1) is 13.1. The lowest BCUT2D eigenvalue weighted by atomic mass is 10.00. The van der Waals surface area contributed by atoms with Crippen molar-refractivity contribution in [2.24, 2.45) is 5.92 Å². The number of rotatable bonds is 4. The van der Waals surface area contributed by atoms with Crippen LogP contribution >= 0.6 is 0 Å². The molecule has 1 N–H and O–H groups in total. The van der Waals surface area contributed by atoms with E-state index >= 15 is 0 Å². The van der Waals surface area contributed by atoms with Crippen molar-refractivity contribution < 1.29 is 9.90 Å². The Morgan fingerprint density at radius 1 is 1.22 bits per heavy atom. The Labute approximate surface area is 159 Å². The van der Waals surface area contributed by atoms with Gasteiger partial charge in [0.15, 0.2) is 0 Å². The highest BCUT2D eigenvalue weighted by Gasteiger charge is 2.30. The molecule has 2 aliphatic carbocycles. The molecule has 2 aromatic rings. The Bertz CT molecular complexity index is 924. The van der Waals surface area contributed by atoms with Crippen molar-refractivity contribution in [1.82, 2.24) is 9.97 Å². The molecule has 1 saturated heterocycles. The second-order valence-electron chi connectivity index (χ2n) is 8.34. The first kappa shape index (κ1) is 16.7. The first-order valence-electron chi connectivity index (χ1n) is 10.1. The number of nitrogens with zero attached hydrogens (tertiary/aromatic N) is 3. The summed E-state index contributed by atoms with van der Waals surface area (Å²) >= 11 is 0. The number of anilines is 1. The van der Waals surface area contributed by atoms with Crippen molar-refractivity contribution >= 4 is 11.9 Å². The minimum atomic E-state index is -0.699. The van der Waals surface area contributed by atoms with Crippen LogP contribution in [0.5, 0.6) is 0 Å². The first-order valence-corrected chi connectivity index (χ1v) is 10.1. The highest BCUT2D eigenvalue weighted by atomic mass is 16.4. The van der Waals surface area contributed by atoms with Crippen LogP contribution in [0.25, 0.3) is 11.3 Å². The maximum absolute atomic E-state index is 11.1. The van der Waals surface area contributed by atoms with E-state index in [0.29, 0.717) is 6.04 Å². The molecule has 0 spiro atoms. The van der Waals surface area contributed by atoms with Gasteiger partial charge in [-0.05, 0) is 68.6 Å². The van der Waals surface area contributed by atoms with Crippen molar-refractivity contribution in [2.45, 2.75) is 57.9 Å². The van der Waals surface area contributed by atoms with Crippen LogP contribution in [-0.2, 0) is 30.5 Å². The van der Waals surface area contributed by atoms with Crippen molar-refractivity contribution in [1.29, 1.82) is 0 Å². The number of hydrogen-bond acceptors (Lipinski definition) is 4. The number of fused-ring (bicyclic) bond motifs is 2. The second kappa shape index (κ2) is 6.32. The quantitative estimate of drug-likeness (QED) is 0.902. The molecule has 0 bridgehead atoms. The maximum atomic E-state index is 11.1. The fraction of sp³-hybridized carbons (Fsp3) is 0.500. The van der Waals surface area contributed by atoms with Gasteiger partial charge in [-0.2, -0.15) is 0 Å². The molecule has 1 aliphatic heterocycles. The molecule has 5 nitrogen and oxygen atoms in total. The number of carbonyl (C=O) groups is 1. The van der Waals surface area contributed by atoms with Gasteiger partial charge in [0.1, 0.15) is 0 Å². The van der Waals surface area contributed by atoms with Crippen molar-refractivity contribution in [3.63, 3.8) is 0 Å². The zero-order chi connectivity index (χ0) is 18.5. The molecule has 0 radical (unpaired) electrons. The number of benzene rings is 1. The molecule has 1 fully saturated rings. The summed E-state index contributed by atoms with van der Waals surface area (Å²) in [7, 11) is 0. The number of hydrogen-bond donors (Lipinski definition) is 1. The molecule has 0 amide bonds. The third kappa shape index (κ3) is 2.89. The summed E-state index contributed by atoms with van der Waals surface area (Å²) in [6.45, 7) is 3.28. The minimum Gasteiger partial charge on any atom is -0.481 e. The predicted molar refractivity (Wildman–Crippen MR) is 104 cm³/mol. The van der Waals surface area contributed by atoms with E-state index in [1.807, 2.05) is 0 Å². The van der Waals surface area contributed by atoms with E-state index in [1.165, 1.54) is 34.4 Å². The molecule has 1 aromatic heterocycles. The Morgan fingerprint density at radius 2 is 2.07 bits per heavy atom. The second-order valence-corrected chi connectivity index (χ2v) is 8.34. The SMILES string of the molecule is CC1CCN1c1nc2c(c(-c3ccc4c(c3)CC(CC(=O)O)C4)n1)CCC2. The van der Waals surface area contributed by atoms with Crippen LogP contribution in [0.1, 0.15) is 48.6 Å². The summed E-state index contributed by atoms with van der Waals surface area (Å²) in [4.78, 5) is 23.2. The third-order valence-corrected chi connectivity index (χ3v) is 6.46. The molecule has 0 saturated carbocycles. The molecule has 2 heterocycles. The molecule has 5 rings (SSSR count). The highest BCUT2D eigenvalue weighted by Crippen LogP contribution is 2.37. The topological polar surface area (TPSA) is 66.3 Å². The summed E-state index contributed by atoms with van der Waals surface area (Å²) in [5.41, 5.74) is 7.39. The highest BCUT2D eigenvalue weighted by molar-refractivity contribution is 5.69. The zero-order valence-electron chi connectivity index (χ0n) is 15.7. The molecule has 140 valence electrons. The number of aryl methyl sites for hydroxylation is 1. The summed E-state index contributed by atoms with van der Waals surface area (Å²) in [5.74, 6) is 0.407. The lowest BCUT2D eigenvalue weighted by Gasteiger charge is -2.39. The molecule has 3 aliphatic rings. The van der Waals surface area contributed by atoms with Crippen LogP contribution in [0, 0.1) is 5.92 Å². The molecule has 27 heavy (non-hydrogen) atoms. The zero-order valence-corrected chi connectivity index (χ0v) is 15.7. The monoisotopic (exact) mass is 363 g/mol. The van der Waals surface area contributed by atoms with E-state index < -0.39 is 5.97 Å². The minimum absolute atomic E-state index is 0.223. The Balaban J connectivity index is 1.51. The predicted octanol–water partition coefficient (Wildman–Crippen LogP) is 3.42. The number of aromatic nitrogens is 2. The molecule has 2 atom stereocenters. The Hall–Kier alpha value is -2.43. The summed E-state index contributed by atoms with van der Waals surface area (Å²) in [6, 6.07) is 7.13. The number of carboxylic acids is 1. The lowest BCUT2D eigenvalue weighted by molar-refractivity contribution is -0.138. The van der Waals surface area contributed by atoms with E-state index in [9.17, 15) is 4.79 Å². The van der Waals surface area contributed by atoms with E-state index in [1.54, 1.807) is 0 Å². The molecule has 5 heteroatoms. The van der Waals surface area contributed by atoms with Gasteiger partial charge in [-0.1, -0.05) is 12.1 Å². The standard InChI is InChI=1S/C22H25N3O2/c1-13-7-8-25(13)22-23-19-4-2-3-18(19)21(24-22)16-6-5-15-9-14(11-20(26)27)10-17(15)12-16/h5-6,12-14H,2-4,7-11H2,1H3,(H,26,27). The van der Waals surface area contributed by atoms with Crippen LogP contribution in [0.4, 0.5) is 5.95 Å². The van der Waals surface area contributed by atoms with E-state index in [-0.39, 0.29) is 12.3 Å². The van der Waals surface area contributed by atoms with Gasteiger partial charge < -0.3 is 10.0 Å². The molecular formula is C22H25N3O2. The van der Waals surface area contributed by atoms with Gasteiger partial charge in [0.25, 0.3) is 0 Å². The fourth-order valence-corrected chi connectivity index (χ4v) is 4.85. The number of aliphatic carboxylic acids is 1. The van der Waals surface area contributed by atoms with Gasteiger partial charge in [0, 0.05) is 35.8 Å². The van der Waals surface area contributed by atoms with Gasteiger partial charge in [0.05, 0.1) is 5.69 Å². The van der Waals surface area contributed by atoms with E-state index in [0.717, 1.165) is 50.3 Å². The normalized spacial score (nSPS) is 23.1. The summed E-state index contributed by atoms with van der Waals surface area (Å²) in [6.07, 6.45) is 6.45. The van der Waals surface area contributed by atoms with Gasteiger partial charge in [0.2, 0.25) is 5.95 Å². The largest absolute Gasteiger partial charge is 0.481 e. The van der Waals surface area contributed by atoms with Crippen LogP contribution in [0.15, 0.2) is 18.2 Å². The van der Waals surface area contributed by atoms with Gasteiger partial charge >= 0.3 is 5.97 Å². The Kier molecular flexibility index (Phi) is 3.92. The van der Waals surface area contributed by atoms with E-state index in [4.69, 9.17) is 15.1 Å². The molecular weight excluding hydrogens is 338 g/mol. The summed E-state index contributed by atoms with van der Waals surface area (Å²) in [5, 5.41) is 9.10. The fourth-order valence-electron chi connectivity index (χ4n) is 4.85. The smallest absolute Gasteiger partial charge is 0.303 e. The van der Waals surface area contributed by atoms with Crippen LogP contribution in [-0.4, -0.2) is 33.6 Å². The van der Waals surface area contributed by atoms with Gasteiger partial charge in [-0.15, -0.1) is 0 Å². The van der Waals surface area contributed by atoms with Crippen molar-refractivity contribution in [3.05, 3.63) is 40.6 Å². The van der Waals surface area contributed by atoms with Crippen LogP contribution in [0.2, 0.25) is 0 Å². The van der Waals surface area contributed by atoms with E-state index in [2.05, 4.69) is 30.0 Å². The van der Waals surface area contributed by atoms with Crippen molar-refractivity contribution in [3.8, 4) is 11.3 Å².